The molecule has 0 aliphatic carbocycles. The second kappa shape index (κ2) is 6.07. The van der Waals surface area contributed by atoms with E-state index >= 15 is 0 Å². The molecule has 0 aromatic heterocycles. The van der Waals surface area contributed by atoms with Crippen molar-refractivity contribution in [1.82, 2.24) is 5.32 Å². The van der Waals surface area contributed by atoms with E-state index in [2.05, 4.69) is 10.6 Å². The van der Waals surface area contributed by atoms with Crippen molar-refractivity contribution in [3.63, 3.8) is 0 Å². The molecule has 1 atom stereocenters. The highest BCUT2D eigenvalue weighted by atomic mass is 35.5. The highest BCUT2D eigenvalue weighted by molar-refractivity contribution is 6.31. The zero-order chi connectivity index (χ0) is 13.0. The van der Waals surface area contributed by atoms with E-state index in [1.165, 1.54) is 0 Å². The minimum absolute atomic E-state index is 0.428. The first-order chi connectivity index (χ1) is 8.65. The van der Waals surface area contributed by atoms with Gasteiger partial charge in [0.2, 0.25) is 0 Å². The van der Waals surface area contributed by atoms with E-state index in [0.29, 0.717) is 23.2 Å². The van der Waals surface area contributed by atoms with E-state index in [1.807, 2.05) is 13.0 Å². The van der Waals surface area contributed by atoms with Crippen LogP contribution in [0.5, 0.6) is 0 Å². The van der Waals surface area contributed by atoms with Crippen LogP contribution in [0.3, 0.4) is 0 Å². The quantitative estimate of drug-likeness (QED) is 0.886. The third-order valence-electron chi connectivity index (χ3n) is 3.03. The van der Waals surface area contributed by atoms with Crippen molar-refractivity contribution >= 4 is 23.4 Å². The lowest BCUT2D eigenvalue weighted by Gasteiger charge is -2.11. The number of nitrogens with one attached hydrogen (secondary N) is 2. The number of amides is 1. The van der Waals surface area contributed by atoms with Crippen LogP contribution in [-0.4, -0.2) is 25.8 Å². The van der Waals surface area contributed by atoms with Gasteiger partial charge in [-0.1, -0.05) is 17.7 Å². The Balaban J connectivity index is 1.80. The maximum absolute atomic E-state index is 11.6. The van der Waals surface area contributed by atoms with Crippen molar-refractivity contribution < 1.29 is 9.53 Å². The summed E-state index contributed by atoms with van der Waals surface area (Å²) in [4.78, 5) is 11.6. The molecule has 1 heterocycles. The summed E-state index contributed by atoms with van der Waals surface area (Å²) in [7, 11) is 0. The minimum atomic E-state index is -0.429. The van der Waals surface area contributed by atoms with E-state index in [4.69, 9.17) is 16.3 Å². The first-order valence-electron chi connectivity index (χ1n) is 6.06. The molecule has 98 valence electrons. The molecule has 0 spiro atoms. The topological polar surface area (TPSA) is 50.4 Å². The number of anilines is 1. The number of rotatable bonds is 3. The molecular formula is C13H17ClN2O2. The van der Waals surface area contributed by atoms with Crippen LogP contribution >= 0.6 is 11.6 Å². The summed E-state index contributed by atoms with van der Waals surface area (Å²) in [5.74, 6) is 0.428. The van der Waals surface area contributed by atoms with Gasteiger partial charge in [-0.25, -0.2) is 4.79 Å². The zero-order valence-electron chi connectivity index (χ0n) is 10.3. The molecule has 1 aliphatic heterocycles. The van der Waals surface area contributed by atoms with Crippen molar-refractivity contribution in [2.75, 3.05) is 25.0 Å². The Hall–Kier alpha value is -1.26. The second-order valence-electron chi connectivity index (χ2n) is 4.55. The van der Waals surface area contributed by atoms with Crippen molar-refractivity contribution in [3.05, 3.63) is 28.8 Å². The van der Waals surface area contributed by atoms with Crippen LogP contribution in [0, 0.1) is 12.8 Å². The van der Waals surface area contributed by atoms with Crippen LogP contribution in [0.15, 0.2) is 18.2 Å². The number of hydrogen-bond donors (Lipinski definition) is 2. The fourth-order valence-corrected chi connectivity index (χ4v) is 2.06. The third kappa shape index (κ3) is 3.62. The number of halogens is 1. The Kier molecular flexibility index (Phi) is 4.44. The monoisotopic (exact) mass is 268 g/mol. The molecular weight excluding hydrogens is 252 g/mol. The van der Waals surface area contributed by atoms with Crippen LogP contribution in [0.4, 0.5) is 10.5 Å². The average Bonchev–Trinajstić information content (AvgIpc) is 2.84. The summed E-state index contributed by atoms with van der Waals surface area (Å²) < 4.78 is 5.17. The van der Waals surface area contributed by atoms with Crippen molar-refractivity contribution in [2.24, 2.45) is 5.92 Å². The molecule has 1 fully saturated rings. The van der Waals surface area contributed by atoms with Gasteiger partial charge in [-0.2, -0.15) is 0 Å². The van der Waals surface area contributed by atoms with E-state index in [9.17, 15) is 4.79 Å². The smallest absolute Gasteiger partial charge is 0.411 e. The maximum atomic E-state index is 11.6. The fourth-order valence-electron chi connectivity index (χ4n) is 1.87. The minimum Gasteiger partial charge on any atom is -0.449 e. The highest BCUT2D eigenvalue weighted by Crippen LogP contribution is 2.20. The summed E-state index contributed by atoms with van der Waals surface area (Å²) in [6.45, 7) is 4.29. The summed E-state index contributed by atoms with van der Waals surface area (Å²) in [5.41, 5.74) is 1.63. The van der Waals surface area contributed by atoms with Crippen LogP contribution in [0.25, 0.3) is 0 Å². The largest absolute Gasteiger partial charge is 0.449 e. The molecule has 4 nitrogen and oxygen atoms in total. The number of benzene rings is 1. The zero-order valence-corrected chi connectivity index (χ0v) is 11.1. The van der Waals surface area contributed by atoms with E-state index in [0.717, 1.165) is 25.1 Å². The van der Waals surface area contributed by atoms with E-state index in [1.54, 1.807) is 12.1 Å². The normalized spacial score (nSPS) is 18.7. The third-order valence-corrected chi connectivity index (χ3v) is 3.44. The number of carbonyl (C=O) groups excluding carboxylic acids is 1. The lowest BCUT2D eigenvalue weighted by atomic mass is 10.1. The SMILES string of the molecule is Cc1ccc(NC(=O)OCC2CCNC2)cc1Cl. The van der Waals surface area contributed by atoms with Gasteiger partial charge in [-0.05, 0) is 37.6 Å². The van der Waals surface area contributed by atoms with Gasteiger partial charge in [-0.3, -0.25) is 5.32 Å². The number of aryl methyl sites for hydroxylation is 1. The fraction of sp³-hybridized carbons (Fsp3) is 0.462. The first kappa shape index (κ1) is 13.2. The van der Waals surface area contributed by atoms with Gasteiger partial charge in [0.15, 0.2) is 0 Å². The van der Waals surface area contributed by atoms with Crippen molar-refractivity contribution in [2.45, 2.75) is 13.3 Å². The molecule has 0 radical (unpaired) electrons. The van der Waals surface area contributed by atoms with E-state index < -0.39 is 6.09 Å². The molecule has 1 aromatic carbocycles. The Morgan fingerprint density at radius 3 is 3.11 bits per heavy atom. The first-order valence-corrected chi connectivity index (χ1v) is 6.43. The van der Waals surface area contributed by atoms with Crippen LogP contribution in [0.1, 0.15) is 12.0 Å². The summed E-state index contributed by atoms with van der Waals surface area (Å²) >= 11 is 5.98. The Morgan fingerprint density at radius 2 is 2.44 bits per heavy atom. The van der Waals surface area contributed by atoms with Crippen LogP contribution < -0.4 is 10.6 Å². The average molecular weight is 269 g/mol. The number of ether oxygens (including phenoxy) is 1. The molecule has 0 saturated carbocycles. The van der Waals surface area contributed by atoms with Crippen molar-refractivity contribution in [1.29, 1.82) is 0 Å². The second-order valence-corrected chi connectivity index (χ2v) is 4.95. The van der Waals surface area contributed by atoms with Gasteiger partial charge in [0.05, 0.1) is 6.61 Å². The highest BCUT2D eigenvalue weighted by Gasteiger charge is 2.16. The number of carbonyl (C=O) groups is 1. The molecule has 2 rings (SSSR count). The van der Waals surface area contributed by atoms with Gasteiger partial charge in [0.25, 0.3) is 0 Å². The lowest BCUT2D eigenvalue weighted by Crippen LogP contribution is -2.20. The molecule has 18 heavy (non-hydrogen) atoms. The standard InChI is InChI=1S/C13H17ClN2O2/c1-9-2-3-11(6-12(9)14)16-13(17)18-8-10-4-5-15-7-10/h2-3,6,10,15H,4-5,7-8H2,1H3,(H,16,17). The molecule has 5 heteroatoms. The van der Waals surface area contributed by atoms with Gasteiger partial charge < -0.3 is 10.1 Å². The molecule has 1 saturated heterocycles. The molecule has 0 bridgehead atoms. The molecule has 1 unspecified atom stereocenters. The predicted octanol–water partition coefficient (Wildman–Crippen LogP) is 2.81. The Morgan fingerprint density at radius 1 is 1.61 bits per heavy atom. The van der Waals surface area contributed by atoms with Crippen LogP contribution in [0.2, 0.25) is 5.02 Å². The predicted molar refractivity (Wildman–Crippen MR) is 72.1 cm³/mol. The Labute approximate surface area is 112 Å². The van der Waals surface area contributed by atoms with Crippen molar-refractivity contribution in [3.8, 4) is 0 Å². The van der Waals surface area contributed by atoms with E-state index in [-0.39, 0.29) is 0 Å². The molecule has 1 aliphatic rings. The maximum Gasteiger partial charge on any atom is 0.411 e. The summed E-state index contributed by atoms with van der Waals surface area (Å²) in [6, 6.07) is 5.38. The van der Waals surface area contributed by atoms with Gasteiger partial charge in [0, 0.05) is 23.2 Å². The summed E-state index contributed by atoms with van der Waals surface area (Å²) in [6.07, 6.45) is 0.630. The molecule has 1 aromatic rings. The number of hydrogen-bond acceptors (Lipinski definition) is 3. The Bertz CT molecular complexity index is 431. The van der Waals surface area contributed by atoms with Gasteiger partial charge >= 0.3 is 6.09 Å². The molecule has 2 N–H and O–H groups in total. The van der Waals surface area contributed by atoms with Gasteiger partial charge in [0.1, 0.15) is 0 Å². The molecule has 1 amide bonds. The summed E-state index contributed by atoms with van der Waals surface area (Å²) in [5, 5.41) is 6.53. The van der Waals surface area contributed by atoms with Gasteiger partial charge in [-0.15, -0.1) is 0 Å². The van der Waals surface area contributed by atoms with Crippen LogP contribution in [-0.2, 0) is 4.74 Å². The lowest BCUT2D eigenvalue weighted by molar-refractivity contribution is 0.144.